The van der Waals surface area contributed by atoms with Crippen LogP contribution < -0.4 is 14.4 Å². The Morgan fingerprint density at radius 3 is 2.46 bits per heavy atom. The third-order valence-electron chi connectivity index (χ3n) is 7.88. The molecule has 0 N–H and O–H groups in total. The van der Waals surface area contributed by atoms with Crippen LogP contribution in [0.3, 0.4) is 0 Å². The first-order chi connectivity index (χ1) is 23.1. The molecule has 1 aliphatic rings. The standard InChI is InChI=1S/C36H32F3N3O6/c1-41(34-40-30-12-5-6-13-31(30)48-34)18-19-45-28-16-14-25(15-17-28)21-32(47-29-11-7-10-26(22-29)36(37,38)39)33(43)42-27(23-46-35(42)44)20-24-8-3-2-4-9-24/h2-17,22,27,32H,18-21,23H2,1H3/t27-,32-/m0/s1. The van der Waals surface area contributed by atoms with Crippen molar-refractivity contribution in [3.05, 3.63) is 120 Å². The predicted octanol–water partition coefficient (Wildman–Crippen LogP) is 6.94. The summed E-state index contributed by atoms with van der Waals surface area (Å²) in [6.45, 7) is 0.809. The Morgan fingerprint density at radius 2 is 1.71 bits per heavy atom. The van der Waals surface area contributed by atoms with Gasteiger partial charge in [-0.05, 0) is 60.0 Å². The molecule has 1 aliphatic heterocycles. The highest BCUT2D eigenvalue weighted by atomic mass is 19.4. The van der Waals surface area contributed by atoms with Crippen LogP contribution in [-0.2, 0) is 28.5 Å². The van der Waals surface area contributed by atoms with Crippen LogP contribution >= 0.6 is 0 Å². The van der Waals surface area contributed by atoms with Gasteiger partial charge in [0, 0.05) is 13.5 Å². The highest BCUT2D eigenvalue weighted by Gasteiger charge is 2.42. The SMILES string of the molecule is CN(CCOc1ccc(C[C@H](Oc2cccc(C(F)(F)F)c2)C(=O)N2C(=O)OC[C@@H]2Cc2ccccc2)cc1)c1nc2ccccc2o1. The molecule has 248 valence electrons. The van der Waals surface area contributed by atoms with Gasteiger partial charge in [0.05, 0.1) is 18.2 Å². The van der Waals surface area contributed by atoms with E-state index in [0.29, 0.717) is 42.5 Å². The van der Waals surface area contributed by atoms with Gasteiger partial charge in [-0.2, -0.15) is 18.2 Å². The number of hydrogen-bond acceptors (Lipinski definition) is 8. The van der Waals surface area contributed by atoms with Crippen molar-refractivity contribution >= 4 is 29.1 Å². The maximum absolute atomic E-state index is 13.9. The smallest absolute Gasteiger partial charge is 0.417 e. The Bertz CT molecular complexity index is 1830. The molecule has 0 bridgehead atoms. The van der Waals surface area contributed by atoms with Gasteiger partial charge in [-0.1, -0.05) is 60.7 Å². The fraction of sp³-hybridized carbons (Fsp3) is 0.250. The topological polar surface area (TPSA) is 94.3 Å². The van der Waals surface area contributed by atoms with Gasteiger partial charge in [0.15, 0.2) is 11.7 Å². The zero-order valence-corrected chi connectivity index (χ0v) is 25.9. The number of fused-ring (bicyclic) bond motifs is 1. The number of benzene rings is 4. The fourth-order valence-electron chi connectivity index (χ4n) is 5.37. The number of halogens is 3. The number of aromatic nitrogens is 1. The monoisotopic (exact) mass is 659 g/mol. The van der Waals surface area contributed by atoms with E-state index in [-0.39, 0.29) is 18.8 Å². The van der Waals surface area contributed by atoms with Crippen LogP contribution in [0.4, 0.5) is 24.0 Å². The first-order valence-corrected chi connectivity index (χ1v) is 15.3. The van der Waals surface area contributed by atoms with Crippen molar-refractivity contribution in [2.24, 2.45) is 0 Å². The molecule has 2 heterocycles. The molecule has 0 aliphatic carbocycles. The van der Waals surface area contributed by atoms with E-state index in [1.165, 1.54) is 12.1 Å². The van der Waals surface area contributed by atoms with Crippen molar-refractivity contribution < 1.29 is 41.4 Å². The summed E-state index contributed by atoms with van der Waals surface area (Å²) in [5.74, 6) is -0.297. The molecule has 4 aromatic carbocycles. The van der Waals surface area contributed by atoms with Crippen molar-refractivity contribution in [2.45, 2.75) is 31.2 Å². The van der Waals surface area contributed by atoms with Gasteiger partial charge >= 0.3 is 12.3 Å². The zero-order valence-electron chi connectivity index (χ0n) is 25.9. The molecule has 5 aromatic rings. The largest absolute Gasteiger partial charge is 0.492 e. The number of rotatable bonds is 12. The number of amides is 2. The van der Waals surface area contributed by atoms with Crippen LogP contribution in [0, 0.1) is 0 Å². The number of carbonyl (C=O) groups is 2. The van der Waals surface area contributed by atoms with E-state index < -0.39 is 35.9 Å². The van der Waals surface area contributed by atoms with E-state index in [1.54, 1.807) is 24.3 Å². The molecule has 1 aromatic heterocycles. The summed E-state index contributed by atoms with van der Waals surface area (Å²) in [4.78, 5) is 34.0. The summed E-state index contributed by atoms with van der Waals surface area (Å²) in [5, 5.41) is 0. The number of nitrogens with zero attached hydrogens (tertiary/aromatic N) is 3. The van der Waals surface area contributed by atoms with Crippen LogP contribution in [0.15, 0.2) is 108 Å². The van der Waals surface area contributed by atoms with Crippen LogP contribution in [0.25, 0.3) is 11.1 Å². The minimum Gasteiger partial charge on any atom is -0.492 e. The van der Waals surface area contributed by atoms with Crippen LogP contribution in [0.2, 0.25) is 0 Å². The lowest BCUT2D eigenvalue weighted by atomic mass is 10.0. The van der Waals surface area contributed by atoms with E-state index in [0.717, 1.165) is 28.1 Å². The Balaban J connectivity index is 1.15. The number of hydrogen-bond donors (Lipinski definition) is 0. The van der Waals surface area contributed by atoms with Crippen molar-refractivity contribution in [3.8, 4) is 11.5 Å². The van der Waals surface area contributed by atoms with Crippen molar-refractivity contribution in [2.75, 3.05) is 31.7 Å². The summed E-state index contributed by atoms with van der Waals surface area (Å²) in [6.07, 6.45) is -6.44. The van der Waals surface area contributed by atoms with Gasteiger partial charge in [-0.15, -0.1) is 0 Å². The summed E-state index contributed by atoms with van der Waals surface area (Å²) in [7, 11) is 1.85. The third-order valence-corrected chi connectivity index (χ3v) is 7.88. The van der Waals surface area contributed by atoms with Gasteiger partial charge in [0.25, 0.3) is 11.9 Å². The molecule has 1 saturated heterocycles. The van der Waals surface area contributed by atoms with Crippen molar-refractivity contribution in [3.63, 3.8) is 0 Å². The Morgan fingerprint density at radius 1 is 0.958 bits per heavy atom. The fourth-order valence-corrected chi connectivity index (χ4v) is 5.37. The predicted molar refractivity (Wildman–Crippen MR) is 171 cm³/mol. The Hall–Kier alpha value is -5.52. The number of oxazole rings is 1. The summed E-state index contributed by atoms with van der Waals surface area (Å²) in [6, 6.07) is 27.9. The van der Waals surface area contributed by atoms with Crippen LogP contribution in [-0.4, -0.2) is 60.8 Å². The number of alkyl halides is 3. The highest BCUT2D eigenvalue weighted by molar-refractivity contribution is 5.96. The second-order valence-electron chi connectivity index (χ2n) is 11.3. The molecule has 2 atom stereocenters. The lowest BCUT2D eigenvalue weighted by molar-refractivity contribution is -0.137. The molecule has 6 rings (SSSR count). The molecule has 0 saturated carbocycles. The van der Waals surface area contributed by atoms with E-state index >= 15 is 0 Å². The first kappa shape index (κ1) is 32.4. The minimum absolute atomic E-state index is 0.0105. The normalized spacial score (nSPS) is 15.3. The number of anilines is 1. The molecular formula is C36H32F3N3O6. The Kier molecular flexibility index (Phi) is 9.51. The van der Waals surface area contributed by atoms with Gasteiger partial charge in [0.1, 0.15) is 30.2 Å². The maximum Gasteiger partial charge on any atom is 0.417 e. The molecule has 0 radical (unpaired) electrons. The van der Waals surface area contributed by atoms with E-state index in [2.05, 4.69) is 4.98 Å². The molecule has 1 fully saturated rings. The highest BCUT2D eigenvalue weighted by Crippen LogP contribution is 2.32. The maximum atomic E-state index is 13.9. The molecule has 0 unspecified atom stereocenters. The van der Waals surface area contributed by atoms with E-state index in [1.807, 2.05) is 66.5 Å². The van der Waals surface area contributed by atoms with Gasteiger partial charge in [-0.25, -0.2) is 9.69 Å². The second kappa shape index (κ2) is 14.1. The first-order valence-electron chi connectivity index (χ1n) is 15.3. The quantitative estimate of drug-likeness (QED) is 0.142. The summed E-state index contributed by atoms with van der Waals surface area (Å²) >= 11 is 0. The second-order valence-corrected chi connectivity index (χ2v) is 11.3. The van der Waals surface area contributed by atoms with Gasteiger partial charge in [0.2, 0.25) is 0 Å². The van der Waals surface area contributed by atoms with E-state index in [4.69, 9.17) is 18.6 Å². The number of para-hydroxylation sites is 2. The van der Waals surface area contributed by atoms with Gasteiger partial charge in [-0.3, -0.25) is 4.79 Å². The zero-order chi connectivity index (χ0) is 33.7. The average molecular weight is 660 g/mol. The average Bonchev–Trinajstić information content (AvgIpc) is 3.68. The number of ether oxygens (including phenoxy) is 3. The minimum atomic E-state index is -4.61. The number of likely N-dealkylation sites (N-methyl/N-ethyl adjacent to an activating group) is 1. The number of carbonyl (C=O) groups excluding carboxylic acids is 2. The number of imide groups is 1. The third kappa shape index (κ3) is 7.71. The van der Waals surface area contributed by atoms with E-state index in [9.17, 15) is 22.8 Å². The Labute approximate surface area is 274 Å². The summed E-state index contributed by atoms with van der Waals surface area (Å²) in [5.41, 5.74) is 2.07. The molecule has 12 heteroatoms. The van der Waals surface area contributed by atoms with Crippen molar-refractivity contribution in [1.82, 2.24) is 9.88 Å². The molecule has 48 heavy (non-hydrogen) atoms. The van der Waals surface area contributed by atoms with Crippen LogP contribution in [0.5, 0.6) is 11.5 Å². The molecule has 0 spiro atoms. The van der Waals surface area contributed by atoms with Crippen molar-refractivity contribution in [1.29, 1.82) is 0 Å². The summed E-state index contributed by atoms with van der Waals surface area (Å²) < 4.78 is 63.2. The molecule has 2 amide bonds. The number of cyclic esters (lactones) is 1. The lowest BCUT2D eigenvalue weighted by Crippen LogP contribution is -2.48. The molecular weight excluding hydrogens is 627 g/mol. The lowest BCUT2D eigenvalue weighted by Gasteiger charge is -2.26. The molecule has 9 nitrogen and oxygen atoms in total. The van der Waals surface area contributed by atoms with Gasteiger partial charge < -0.3 is 23.5 Å². The van der Waals surface area contributed by atoms with Crippen LogP contribution in [0.1, 0.15) is 16.7 Å².